The molecule has 29 heavy (non-hydrogen) atoms. The van der Waals surface area contributed by atoms with Crippen molar-refractivity contribution in [1.29, 1.82) is 0 Å². The summed E-state index contributed by atoms with van der Waals surface area (Å²) in [4.78, 5) is 28.8. The first-order chi connectivity index (χ1) is 13.7. The maximum atomic E-state index is 12.9. The quantitative estimate of drug-likeness (QED) is 0.414. The van der Waals surface area contributed by atoms with E-state index in [-0.39, 0.29) is 10.4 Å². The predicted octanol–water partition coefficient (Wildman–Crippen LogP) is 3.71. The molecule has 4 rings (SSSR count). The van der Waals surface area contributed by atoms with Crippen LogP contribution >= 0.6 is 22.9 Å². The number of aromatic nitrogens is 2. The van der Waals surface area contributed by atoms with Gasteiger partial charge in [0.05, 0.1) is 26.6 Å². The standard InChI is InChI=1S/C19H14ClN3O4S2/c1-10-7-14-15(22-19(25)18(24)21-14)9-17(10)29(26,27)23-11-4-5-12(13(20)8-11)16-3-2-6-28-16/h2-9,23H,1H3,(H,21,24)(H,22,25). The van der Waals surface area contributed by atoms with Crippen molar-refractivity contribution in [2.75, 3.05) is 4.72 Å². The minimum absolute atomic E-state index is 0.0221. The van der Waals surface area contributed by atoms with Gasteiger partial charge in [-0.15, -0.1) is 11.3 Å². The molecule has 0 bridgehead atoms. The molecule has 0 saturated heterocycles. The second kappa shape index (κ2) is 7.18. The second-order valence-corrected chi connectivity index (χ2v) is 9.35. The summed E-state index contributed by atoms with van der Waals surface area (Å²) in [5.41, 5.74) is 0.438. The number of aryl methyl sites for hydroxylation is 1. The van der Waals surface area contributed by atoms with Crippen LogP contribution in [0.3, 0.4) is 0 Å². The Kier molecular flexibility index (Phi) is 4.81. The molecule has 0 spiro atoms. The Labute approximate surface area is 174 Å². The van der Waals surface area contributed by atoms with Gasteiger partial charge in [0.25, 0.3) is 10.0 Å². The Morgan fingerprint density at radius 3 is 2.31 bits per heavy atom. The van der Waals surface area contributed by atoms with Gasteiger partial charge in [-0.25, -0.2) is 8.42 Å². The predicted molar refractivity (Wildman–Crippen MR) is 115 cm³/mol. The molecular formula is C19H14ClN3O4S2. The van der Waals surface area contributed by atoms with Gasteiger partial charge in [-0.2, -0.15) is 0 Å². The molecule has 0 aliphatic rings. The molecule has 0 aliphatic heterocycles. The van der Waals surface area contributed by atoms with E-state index in [9.17, 15) is 18.0 Å². The number of thiophene rings is 1. The van der Waals surface area contributed by atoms with Gasteiger partial charge in [0.15, 0.2) is 0 Å². The number of sulfonamides is 1. The summed E-state index contributed by atoms with van der Waals surface area (Å²) in [6.45, 7) is 1.60. The fourth-order valence-electron chi connectivity index (χ4n) is 2.96. The number of anilines is 1. The fourth-order valence-corrected chi connectivity index (χ4v) is 5.37. The molecular weight excluding hydrogens is 434 g/mol. The average molecular weight is 448 g/mol. The zero-order valence-electron chi connectivity index (χ0n) is 14.9. The Balaban J connectivity index is 1.73. The Hall–Kier alpha value is -2.88. The van der Waals surface area contributed by atoms with E-state index in [1.54, 1.807) is 25.1 Å². The highest BCUT2D eigenvalue weighted by Gasteiger charge is 2.19. The van der Waals surface area contributed by atoms with Crippen molar-refractivity contribution in [1.82, 2.24) is 9.97 Å². The lowest BCUT2D eigenvalue weighted by molar-refractivity contribution is 0.600. The number of H-pyrrole nitrogens is 2. The molecule has 2 heterocycles. The summed E-state index contributed by atoms with van der Waals surface area (Å²) in [6, 6.07) is 11.6. The third-order valence-corrected chi connectivity index (χ3v) is 7.05. The van der Waals surface area contributed by atoms with Crippen LogP contribution in [0.15, 0.2) is 62.3 Å². The highest BCUT2D eigenvalue weighted by molar-refractivity contribution is 7.92. The Morgan fingerprint density at radius 1 is 1.00 bits per heavy atom. The number of aromatic amines is 2. The number of hydrogen-bond acceptors (Lipinski definition) is 5. The van der Waals surface area contributed by atoms with E-state index < -0.39 is 21.1 Å². The number of halogens is 1. The maximum Gasteiger partial charge on any atom is 0.314 e. The van der Waals surface area contributed by atoms with Crippen molar-refractivity contribution in [3.63, 3.8) is 0 Å². The topological polar surface area (TPSA) is 112 Å². The van der Waals surface area contributed by atoms with Gasteiger partial charge in [0.2, 0.25) is 0 Å². The van der Waals surface area contributed by atoms with Crippen molar-refractivity contribution < 1.29 is 8.42 Å². The molecule has 0 unspecified atom stereocenters. The maximum absolute atomic E-state index is 12.9. The number of nitrogens with one attached hydrogen (secondary N) is 3. The van der Waals surface area contributed by atoms with Crippen molar-refractivity contribution in [3.05, 3.63) is 79.1 Å². The summed E-state index contributed by atoms with van der Waals surface area (Å²) in [6.07, 6.45) is 0. The lowest BCUT2D eigenvalue weighted by Gasteiger charge is -2.12. The van der Waals surface area contributed by atoms with Crippen LogP contribution < -0.4 is 15.8 Å². The lowest BCUT2D eigenvalue weighted by atomic mass is 10.2. The lowest BCUT2D eigenvalue weighted by Crippen LogP contribution is -2.29. The first-order valence-corrected chi connectivity index (χ1v) is 11.1. The first kappa shape index (κ1) is 19.4. The van der Waals surface area contributed by atoms with Crippen LogP contribution in [-0.4, -0.2) is 18.4 Å². The Bertz CT molecular complexity index is 1460. The average Bonchev–Trinajstić information content (AvgIpc) is 3.16. The smallest absolute Gasteiger partial charge is 0.314 e. The van der Waals surface area contributed by atoms with E-state index in [2.05, 4.69) is 14.7 Å². The van der Waals surface area contributed by atoms with E-state index in [0.717, 1.165) is 10.4 Å². The van der Waals surface area contributed by atoms with E-state index in [0.29, 0.717) is 21.8 Å². The highest BCUT2D eigenvalue weighted by atomic mass is 35.5. The van der Waals surface area contributed by atoms with Gasteiger partial charge < -0.3 is 9.97 Å². The third-order valence-electron chi connectivity index (χ3n) is 4.32. The Morgan fingerprint density at radius 2 is 1.69 bits per heavy atom. The van der Waals surface area contributed by atoms with Crippen LogP contribution in [0.2, 0.25) is 5.02 Å². The third kappa shape index (κ3) is 3.71. The van der Waals surface area contributed by atoms with E-state index >= 15 is 0 Å². The van der Waals surface area contributed by atoms with Crippen LogP contribution in [-0.2, 0) is 10.0 Å². The molecule has 3 N–H and O–H groups in total. The normalized spacial score (nSPS) is 11.7. The molecule has 0 saturated carbocycles. The van der Waals surface area contributed by atoms with Crippen molar-refractivity contribution >= 4 is 49.7 Å². The highest BCUT2D eigenvalue weighted by Crippen LogP contribution is 2.34. The number of rotatable bonds is 4. The molecule has 0 radical (unpaired) electrons. The number of fused-ring (bicyclic) bond motifs is 1. The zero-order valence-corrected chi connectivity index (χ0v) is 17.3. The molecule has 0 fully saturated rings. The summed E-state index contributed by atoms with van der Waals surface area (Å²) in [5, 5.41) is 2.35. The largest absolute Gasteiger partial charge is 0.316 e. The van der Waals surface area contributed by atoms with Crippen LogP contribution in [0, 0.1) is 6.92 Å². The van der Waals surface area contributed by atoms with Gasteiger partial charge >= 0.3 is 11.1 Å². The molecule has 2 aromatic carbocycles. The molecule has 148 valence electrons. The monoisotopic (exact) mass is 447 g/mol. The van der Waals surface area contributed by atoms with Crippen LogP contribution in [0.25, 0.3) is 21.5 Å². The molecule has 0 amide bonds. The summed E-state index contributed by atoms with van der Waals surface area (Å²) < 4.78 is 28.4. The van der Waals surface area contributed by atoms with Crippen LogP contribution in [0.1, 0.15) is 5.56 Å². The van der Waals surface area contributed by atoms with Crippen LogP contribution in [0.5, 0.6) is 0 Å². The van der Waals surface area contributed by atoms with Gasteiger partial charge in [-0.1, -0.05) is 17.7 Å². The van der Waals surface area contributed by atoms with Gasteiger partial charge in [0, 0.05) is 10.4 Å². The number of hydrogen-bond donors (Lipinski definition) is 3. The number of benzene rings is 2. The molecule has 4 aromatic rings. The summed E-state index contributed by atoms with van der Waals surface area (Å²) >= 11 is 7.87. The van der Waals surface area contributed by atoms with E-state index in [1.807, 2.05) is 17.5 Å². The van der Waals surface area contributed by atoms with Crippen molar-refractivity contribution in [3.8, 4) is 10.4 Å². The molecule has 0 atom stereocenters. The van der Waals surface area contributed by atoms with Gasteiger partial charge in [-0.05, 0) is 54.3 Å². The zero-order chi connectivity index (χ0) is 20.8. The minimum Gasteiger partial charge on any atom is -0.316 e. The van der Waals surface area contributed by atoms with Crippen molar-refractivity contribution in [2.45, 2.75) is 11.8 Å². The van der Waals surface area contributed by atoms with Crippen LogP contribution in [0.4, 0.5) is 5.69 Å². The SMILES string of the molecule is Cc1cc2[nH]c(=O)c(=O)[nH]c2cc1S(=O)(=O)Nc1ccc(-c2cccs2)c(Cl)c1. The molecule has 10 heteroatoms. The molecule has 7 nitrogen and oxygen atoms in total. The minimum atomic E-state index is -3.96. The van der Waals surface area contributed by atoms with Gasteiger partial charge in [0.1, 0.15) is 0 Å². The summed E-state index contributed by atoms with van der Waals surface area (Å²) in [5.74, 6) is 0. The summed E-state index contributed by atoms with van der Waals surface area (Å²) in [7, 11) is -3.96. The van der Waals surface area contributed by atoms with Crippen molar-refractivity contribution in [2.24, 2.45) is 0 Å². The fraction of sp³-hybridized carbons (Fsp3) is 0.0526. The van der Waals surface area contributed by atoms with E-state index in [1.165, 1.54) is 23.5 Å². The first-order valence-electron chi connectivity index (χ1n) is 8.38. The molecule has 0 aliphatic carbocycles. The second-order valence-electron chi connectivity index (χ2n) is 6.35. The van der Waals surface area contributed by atoms with Gasteiger partial charge in [-0.3, -0.25) is 14.3 Å². The van der Waals surface area contributed by atoms with E-state index in [4.69, 9.17) is 11.6 Å². The molecule has 2 aromatic heterocycles.